The number of ether oxygens (including phenoxy) is 1. The second-order valence-electron chi connectivity index (χ2n) is 3.51. The number of halogens is 1. The first kappa shape index (κ1) is 13.5. The van der Waals surface area contributed by atoms with Crippen LogP contribution in [-0.2, 0) is 0 Å². The van der Waals surface area contributed by atoms with Crippen molar-refractivity contribution in [1.29, 1.82) is 0 Å². The van der Waals surface area contributed by atoms with E-state index in [2.05, 4.69) is 4.98 Å². The summed E-state index contributed by atoms with van der Waals surface area (Å²) in [5, 5.41) is 1.48. The molecule has 0 bridgehead atoms. The smallest absolute Gasteiger partial charge is 0.255 e. The molecule has 0 amide bonds. The molecule has 0 unspecified atom stereocenters. The number of aromatic amines is 1. The van der Waals surface area contributed by atoms with Crippen LogP contribution < -0.4 is 16.0 Å². The molecule has 0 fully saturated rings. The molecule has 0 saturated carbocycles. The van der Waals surface area contributed by atoms with E-state index < -0.39 is 0 Å². The maximum absolute atomic E-state index is 11.5. The first-order chi connectivity index (χ1) is 7.83. The molecule has 1 heterocycles. The minimum absolute atomic E-state index is 0. The third-order valence-corrected chi connectivity index (χ3v) is 2.38. The summed E-state index contributed by atoms with van der Waals surface area (Å²) in [6.45, 7) is 1.17. The van der Waals surface area contributed by atoms with Gasteiger partial charge in [0.1, 0.15) is 5.75 Å². The van der Waals surface area contributed by atoms with Gasteiger partial charge in [0.25, 0.3) is 5.56 Å². The van der Waals surface area contributed by atoms with Gasteiger partial charge >= 0.3 is 0 Å². The van der Waals surface area contributed by atoms with Crippen molar-refractivity contribution in [2.75, 3.05) is 13.2 Å². The number of benzene rings is 1. The summed E-state index contributed by atoms with van der Waals surface area (Å²) in [4.78, 5) is 14.2. The number of nitrogens with two attached hydrogens (primary N) is 1. The molecule has 5 heteroatoms. The molecule has 17 heavy (non-hydrogen) atoms. The van der Waals surface area contributed by atoms with Crippen molar-refractivity contribution in [2.24, 2.45) is 5.73 Å². The van der Waals surface area contributed by atoms with Gasteiger partial charge in [-0.2, -0.15) is 0 Å². The lowest BCUT2D eigenvalue weighted by Crippen LogP contribution is -2.08. The highest BCUT2D eigenvalue weighted by atomic mass is 35.5. The molecule has 4 nitrogen and oxygen atoms in total. The SMILES string of the molecule is Cl.NCCCOc1cccc2c(=O)[nH]ccc12. The lowest BCUT2D eigenvalue weighted by Gasteiger charge is -2.07. The zero-order chi connectivity index (χ0) is 11.4. The van der Waals surface area contributed by atoms with Gasteiger partial charge in [-0.25, -0.2) is 0 Å². The Bertz CT molecular complexity index is 539. The molecule has 3 N–H and O–H groups in total. The number of aromatic nitrogens is 1. The van der Waals surface area contributed by atoms with Crippen molar-refractivity contribution in [2.45, 2.75) is 6.42 Å². The fourth-order valence-corrected chi connectivity index (χ4v) is 1.58. The molecule has 0 radical (unpaired) electrons. The van der Waals surface area contributed by atoms with E-state index in [1.807, 2.05) is 18.2 Å². The molecule has 1 aromatic carbocycles. The zero-order valence-electron chi connectivity index (χ0n) is 9.31. The molecular formula is C12H15ClN2O2. The van der Waals surface area contributed by atoms with Crippen LogP contribution in [0.25, 0.3) is 10.8 Å². The zero-order valence-corrected chi connectivity index (χ0v) is 10.1. The first-order valence-electron chi connectivity index (χ1n) is 5.26. The van der Waals surface area contributed by atoms with E-state index in [-0.39, 0.29) is 18.0 Å². The van der Waals surface area contributed by atoms with Gasteiger partial charge in [0, 0.05) is 11.6 Å². The molecule has 0 atom stereocenters. The van der Waals surface area contributed by atoms with Gasteiger partial charge in [0.15, 0.2) is 0 Å². The first-order valence-corrected chi connectivity index (χ1v) is 5.26. The van der Waals surface area contributed by atoms with Crippen LogP contribution in [0.1, 0.15) is 6.42 Å². The van der Waals surface area contributed by atoms with Gasteiger partial charge in [-0.05, 0) is 31.2 Å². The molecule has 0 saturated heterocycles. The van der Waals surface area contributed by atoms with Crippen LogP contribution >= 0.6 is 12.4 Å². The van der Waals surface area contributed by atoms with Crippen molar-refractivity contribution >= 4 is 23.2 Å². The summed E-state index contributed by atoms with van der Waals surface area (Å²) in [5.74, 6) is 0.733. The predicted molar refractivity (Wildman–Crippen MR) is 71.0 cm³/mol. The number of rotatable bonds is 4. The Hall–Kier alpha value is -1.52. The molecule has 2 rings (SSSR count). The van der Waals surface area contributed by atoms with Gasteiger partial charge < -0.3 is 15.5 Å². The Morgan fingerprint density at radius 3 is 2.82 bits per heavy atom. The quantitative estimate of drug-likeness (QED) is 0.816. The number of nitrogens with one attached hydrogen (secondary N) is 1. The highest BCUT2D eigenvalue weighted by Crippen LogP contribution is 2.22. The fraction of sp³-hybridized carbons (Fsp3) is 0.250. The highest BCUT2D eigenvalue weighted by molar-refractivity contribution is 5.87. The lowest BCUT2D eigenvalue weighted by molar-refractivity contribution is 0.317. The van der Waals surface area contributed by atoms with Crippen LogP contribution in [0.15, 0.2) is 35.3 Å². The summed E-state index contributed by atoms with van der Waals surface area (Å²) >= 11 is 0. The number of pyridine rings is 1. The van der Waals surface area contributed by atoms with E-state index in [4.69, 9.17) is 10.5 Å². The largest absolute Gasteiger partial charge is 0.493 e. The molecule has 1 aromatic heterocycles. The number of fused-ring (bicyclic) bond motifs is 1. The Morgan fingerprint density at radius 2 is 2.06 bits per heavy atom. The standard InChI is InChI=1S/C12H14N2O2.ClH/c13-6-2-8-16-11-4-1-3-10-9(11)5-7-14-12(10)15;/h1,3-5,7H,2,6,8,13H2,(H,14,15);1H. The Balaban J connectivity index is 0.00000144. The van der Waals surface area contributed by atoms with Crippen LogP contribution in [0.5, 0.6) is 5.75 Å². The summed E-state index contributed by atoms with van der Waals surface area (Å²) in [6, 6.07) is 7.30. The van der Waals surface area contributed by atoms with Crippen molar-refractivity contribution in [3.8, 4) is 5.75 Å². The lowest BCUT2D eigenvalue weighted by atomic mass is 10.1. The van der Waals surface area contributed by atoms with E-state index in [0.717, 1.165) is 17.6 Å². The summed E-state index contributed by atoms with van der Waals surface area (Å²) < 4.78 is 5.58. The van der Waals surface area contributed by atoms with Crippen LogP contribution in [0.4, 0.5) is 0 Å². The van der Waals surface area contributed by atoms with Gasteiger partial charge in [0.05, 0.1) is 12.0 Å². The van der Waals surface area contributed by atoms with Crippen molar-refractivity contribution in [3.05, 3.63) is 40.8 Å². The van der Waals surface area contributed by atoms with Crippen LogP contribution in [0.2, 0.25) is 0 Å². The Labute approximate surface area is 105 Å². The maximum Gasteiger partial charge on any atom is 0.255 e. The van der Waals surface area contributed by atoms with Crippen LogP contribution in [0, 0.1) is 0 Å². The second kappa shape index (κ2) is 6.27. The van der Waals surface area contributed by atoms with E-state index in [9.17, 15) is 4.79 Å². The minimum Gasteiger partial charge on any atom is -0.493 e. The van der Waals surface area contributed by atoms with E-state index in [0.29, 0.717) is 18.5 Å². The third-order valence-electron chi connectivity index (χ3n) is 2.38. The molecule has 0 spiro atoms. The molecule has 0 aliphatic rings. The third kappa shape index (κ3) is 2.99. The average Bonchev–Trinajstić information content (AvgIpc) is 2.31. The average molecular weight is 255 g/mol. The van der Waals surface area contributed by atoms with Crippen molar-refractivity contribution < 1.29 is 4.74 Å². The minimum atomic E-state index is -0.0956. The van der Waals surface area contributed by atoms with Gasteiger partial charge in [-0.15, -0.1) is 12.4 Å². The highest BCUT2D eigenvalue weighted by Gasteiger charge is 2.03. The molecule has 2 aromatic rings. The molecule has 0 aliphatic heterocycles. The molecular weight excluding hydrogens is 240 g/mol. The summed E-state index contributed by atoms with van der Waals surface area (Å²) in [6.07, 6.45) is 2.43. The van der Waals surface area contributed by atoms with Crippen molar-refractivity contribution in [3.63, 3.8) is 0 Å². The van der Waals surface area contributed by atoms with Gasteiger partial charge in [-0.3, -0.25) is 4.79 Å². The predicted octanol–water partition coefficient (Wildman–Crippen LogP) is 1.68. The molecule has 92 valence electrons. The molecule has 0 aliphatic carbocycles. The number of H-pyrrole nitrogens is 1. The van der Waals surface area contributed by atoms with Crippen LogP contribution in [-0.4, -0.2) is 18.1 Å². The monoisotopic (exact) mass is 254 g/mol. The van der Waals surface area contributed by atoms with Crippen LogP contribution in [0.3, 0.4) is 0 Å². The second-order valence-corrected chi connectivity index (χ2v) is 3.51. The Kier molecular flexibility index (Phi) is 5.00. The number of hydrogen-bond acceptors (Lipinski definition) is 3. The summed E-state index contributed by atoms with van der Waals surface area (Å²) in [7, 11) is 0. The van der Waals surface area contributed by atoms with Gasteiger partial charge in [-0.1, -0.05) is 6.07 Å². The fourth-order valence-electron chi connectivity index (χ4n) is 1.58. The van der Waals surface area contributed by atoms with Gasteiger partial charge in [0.2, 0.25) is 0 Å². The normalized spacial score (nSPS) is 9.94. The number of hydrogen-bond donors (Lipinski definition) is 2. The van der Waals surface area contributed by atoms with Crippen molar-refractivity contribution in [1.82, 2.24) is 4.98 Å². The van der Waals surface area contributed by atoms with E-state index >= 15 is 0 Å². The van der Waals surface area contributed by atoms with E-state index in [1.165, 1.54) is 0 Å². The topological polar surface area (TPSA) is 68.1 Å². The summed E-state index contributed by atoms with van der Waals surface area (Å²) in [5.41, 5.74) is 5.30. The van der Waals surface area contributed by atoms with E-state index in [1.54, 1.807) is 12.3 Å². The maximum atomic E-state index is 11.5. The Morgan fingerprint density at radius 1 is 1.24 bits per heavy atom.